The Balaban J connectivity index is 1.25. The summed E-state index contributed by atoms with van der Waals surface area (Å²) in [6.07, 6.45) is 3.86. The van der Waals surface area contributed by atoms with Gasteiger partial charge in [0.1, 0.15) is 5.03 Å². The van der Waals surface area contributed by atoms with Crippen LogP contribution in [0.5, 0.6) is 0 Å². The lowest BCUT2D eigenvalue weighted by Crippen LogP contribution is -2.31. The first-order chi connectivity index (χ1) is 24.3. The van der Waals surface area contributed by atoms with Crippen molar-refractivity contribution in [1.82, 2.24) is 15.6 Å². The molecule has 5 rings (SSSR count). The Morgan fingerprint density at radius 2 is 1.64 bits per heavy atom. The SMILES string of the molecule is CC(=O)NCCCCCC(=O)NCc1ccccc1-c1ccc(C2OC(CSc3ncccc3C(=O)O)CC(c3ccc(CO)cc3)O2)cc1. The number of thioether (sulfide) groups is 1. The summed E-state index contributed by atoms with van der Waals surface area (Å²) in [5.74, 6) is -0.585. The van der Waals surface area contributed by atoms with Crippen LogP contribution in [0.15, 0.2) is 96.2 Å². The number of aliphatic hydroxyl groups excluding tert-OH is 1. The molecule has 2 heterocycles. The summed E-state index contributed by atoms with van der Waals surface area (Å²) < 4.78 is 13.0. The summed E-state index contributed by atoms with van der Waals surface area (Å²) in [7, 11) is 0. The Kier molecular flexibility index (Phi) is 13.5. The number of aliphatic hydroxyl groups is 1. The number of carbonyl (C=O) groups excluding carboxylic acids is 2. The third-order valence-corrected chi connectivity index (χ3v) is 9.60. The van der Waals surface area contributed by atoms with Gasteiger partial charge in [0.25, 0.3) is 0 Å². The molecule has 1 aromatic heterocycles. The van der Waals surface area contributed by atoms with Crippen molar-refractivity contribution in [3.8, 4) is 11.1 Å². The van der Waals surface area contributed by atoms with Crippen molar-refractivity contribution in [1.29, 1.82) is 0 Å². The van der Waals surface area contributed by atoms with Gasteiger partial charge in [0.15, 0.2) is 6.29 Å². The van der Waals surface area contributed by atoms with Crippen LogP contribution in [0.1, 0.15) is 84.0 Å². The van der Waals surface area contributed by atoms with E-state index in [0.29, 0.717) is 36.7 Å². The minimum Gasteiger partial charge on any atom is -0.478 e. The number of nitrogens with zero attached hydrogens (tertiary/aromatic N) is 1. The van der Waals surface area contributed by atoms with E-state index in [2.05, 4.69) is 15.6 Å². The molecule has 1 fully saturated rings. The van der Waals surface area contributed by atoms with Crippen LogP contribution in [0.2, 0.25) is 0 Å². The number of carboxylic acid groups (broad SMARTS) is 1. The predicted molar refractivity (Wildman–Crippen MR) is 191 cm³/mol. The van der Waals surface area contributed by atoms with Gasteiger partial charge in [-0.25, -0.2) is 9.78 Å². The van der Waals surface area contributed by atoms with Gasteiger partial charge in [0, 0.05) is 50.4 Å². The summed E-state index contributed by atoms with van der Waals surface area (Å²) in [5.41, 5.74) is 5.78. The van der Waals surface area contributed by atoms with Crippen molar-refractivity contribution in [2.45, 2.75) is 75.7 Å². The number of hydrogen-bond donors (Lipinski definition) is 4. The van der Waals surface area contributed by atoms with E-state index in [4.69, 9.17) is 9.47 Å². The van der Waals surface area contributed by atoms with Crippen LogP contribution in [0.3, 0.4) is 0 Å². The monoisotopic (exact) mass is 697 g/mol. The van der Waals surface area contributed by atoms with E-state index in [0.717, 1.165) is 52.6 Å². The van der Waals surface area contributed by atoms with Crippen LogP contribution in [-0.4, -0.2) is 51.4 Å². The van der Waals surface area contributed by atoms with Gasteiger partial charge in [-0.3, -0.25) is 9.59 Å². The predicted octanol–water partition coefficient (Wildman–Crippen LogP) is 6.59. The lowest BCUT2D eigenvalue weighted by molar-refractivity contribution is -0.245. The number of unbranched alkanes of at least 4 members (excludes halogenated alkanes) is 2. The van der Waals surface area contributed by atoms with Crippen LogP contribution in [0, 0.1) is 0 Å². The third-order valence-electron chi connectivity index (χ3n) is 8.46. The molecule has 0 spiro atoms. The number of aromatic carboxylic acids is 1. The van der Waals surface area contributed by atoms with Gasteiger partial charge >= 0.3 is 5.97 Å². The highest BCUT2D eigenvalue weighted by Crippen LogP contribution is 2.40. The molecule has 1 aliphatic heterocycles. The average Bonchev–Trinajstić information content (AvgIpc) is 3.14. The van der Waals surface area contributed by atoms with Crippen LogP contribution < -0.4 is 10.6 Å². The zero-order valence-corrected chi connectivity index (χ0v) is 28.9. The first-order valence-electron chi connectivity index (χ1n) is 16.8. The molecule has 4 N–H and O–H groups in total. The zero-order chi connectivity index (χ0) is 35.3. The fourth-order valence-corrected chi connectivity index (χ4v) is 6.78. The van der Waals surface area contributed by atoms with Crippen LogP contribution in [-0.2, 0) is 32.2 Å². The van der Waals surface area contributed by atoms with Crippen LogP contribution in [0.25, 0.3) is 11.1 Å². The standard InChI is InChI=1S/C39H43N3O7S/c1-26(44)40-20-6-2-3-11-36(45)42-23-31-8-4-5-9-33(31)28-16-18-30(19-17-28)39-48-32(25-50-37-34(38(46)47)10-7-21-41-37)22-35(49-39)29-14-12-27(24-43)13-15-29/h4-5,7-10,12-19,21,32,35,39,43H,2-3,6,11,20,22-25H2,1H3,(H,40,44)(H,42,45)(H,46,47). The van der Waals surface area contributed by atoms with Gasteiger partial charge < -0.3 is 30.3 Å². The Bertz CT molecular complexity index is 1730. The highest BCUT2D eigenvalue weighted by Gasteiger charge is 2.32. The molecule has 3 unspecified atom stereocenters. The maximum absolute atomic E-state index is 12.5. The van der Waals surface area contributed by atoms with Gasteiger partial charge in [-0.15, -0.1) is 11.8 Å². The Hall–Kier alpha value is -4.55. The number of carbonyl (C=O) groups is 3. The lowest BCUT2D eigenvalue weighted by atomic mass is 9.97. The second-order valence-electron chi connectivity index (χ2n) is 12.2. The number of amides is 2. The number of benzene rings is 3. The quantitative estimate of drug-likeness (QED) is 0.0752. The molecule has 2 amide bonds. The lowest BCUT2D eigenvalue weighted by Gasteiger charge is -2.36. The largest absolute Gasteiger partial charge is 0.478 e. The molecule has 0 saturated carbocycles. The molecule has 262 valence electrons. The van der Waals surface area contributed by atoms with Gasteiger partial charge in [-0.1, -0.05) is 79.2 Å². The number of ether oxygens (including phenoxy) is 2. The van der Waals surface area contributed by atoms with E-state index < -0.39 is 12.3 Å². The molecular formula is C39H43N3O7S. The Labute approximate surface area is 296 Å². The zero-order valence-electron chi connectivity index (χ0n) is 28.0. The first-order valence-corrected chi connectivity index (χ1v) is 17.8. The molecule has 0 radical (unpaired) electrons. The summed E-state index contributed by atoms with van der Waals surface area (Å²) >= 11 is 1.35. The maximum atomic E-state index is 12.5. The Morgan fingerprint density at radius 3 is 2.38 bits per heavy atom. The van der Waals surface area contributed by atoms with E-state index in [-0.39, 0.29) is 36.2 Å². The molecule has 50 heavy (non-hydrogen) atoms. The average molecular weight is 698 g/mol. The van der Waals surface area contributed by atoms with Crippen molar-refractivity contribution in [3.63, 3.8) is 0 Å². The van der Waals surface area contributed by atoms with Gasteiger partial charge in [-0.2, -0.15) is 0 Å². The summed E-state index contributed by atoms with van der Waals surface area (Å²) in [5, 5.41) is 25.4. The number of pyridine rings is 1. The second kappa shape index (κ2) is 18.4. The number of aromatic nitrogens is 1. The number of nitrogens with one attached hydrogen (secondary N) is 2. The van der Waals surface area contributed by atoms with E-state index in [1.165, 1.54) is 18.7 Å². The molecule has 10 nitrogen and oxygen atoms in total. The molecule has 11 heteroatoms. The van der Waals surface area contributed by atoms with Crippen molar-refractivity contribution in [3.05, 3.63) is 119 Å². The number of hydrogen-bond acceptors (Lipinski definition) is 8. The van der Waals surface area contributed by atoms with E-state index in [1.807, 2.05) is 72.8 Å². The summed E-state index contributed by atoms with van der Waals surface area (Å²) in [6.45, 7) is 2.49. The van der Waals surface area contributed by atoms with Crippen molar-refractivity contribution < 1.29 is 34.1 Å². The van der Waals surface area contributed by atoms with Crippen molar-refractivity contribution in [2.75, 3.05) is 12.3 Å². The highest BCUT2D eigenvalue weighted by atomic mass is 32.2. The van der Waals surface area contributed by atoms with Crippen LogP contribution >= 0.6 is 11.8 Å². The molecule has 1 saturated heterocycles. The molecule has 0 aliphatic carbocycles. The van der Waals surface area contributed by atoms with Crippen molar-refractivity contribution in [2.24, 2.45) is 0 Å². The Morgan fingerprint density at radius 1 is 0.880 bits per heavy atom. The van der Waals surface area contributed by atoms with E-state index in [1.54, 1.807) is 18.3 Å². The molecular weight excluding hydrogens is 655 g/mol. The number of carboxylic acids is 1. The molecule has 0 bridgehead atoms. The molecule has 4 aromatic rings. The topological polar surface area (TPSA) is 147 Å². The van der Waals surface area contributed by atoms with Crippen LogP contribution in [0.4, 0.5) is 0 Å². The smallest absolute Gasteiger partial charge is 0.338 e. The fraction of sp³-hybridized carbons (Fsp3) is 0.333. The minimum absolute atomic E-state index is 0.00299. The highest BCUT2D eigenvalue weighted by molar-refractivity contribution is 7.99. The molecule has 3 aromatic carbocycles. The fourth-order valence-electron chi connectivity index (χ4n) is 5.77. The van der Waals surface area contributed by atoms with Gasteiger partial charge in [0.05, 0.1) is 24.4 Å². The molecule has 1 aliphatic rings. The van der Waals surface area contributed by atoms with Gasteiger partial charge in [0.2, 0.25) is 11.8 Å². The molecule has 3 atom stereocenters. The van der Waals surface area contributed by atoms with Crippen molar-refractivity contribution >= 4 is 29.5 Å². The van der Waals surface area contributed by atoms with Gasteiger partial charge in [-0.05, 0) is 52.8 Å². The summed E-state index contributed by atoms with van der Waals surface area (Å²) in [6, 6.07) is 26.8. The maximum Gasteiger partial charge on any atom is 0.338 e. The second-order valence-corrected chi connectivity index (χ2v) is 13.2. The summed E-state index contributed by atoms with van der Waals surface area (Å²) in [4.78, 5) is 39.6. The first kappa shape index (κ1) is 36.7. The van der Waals surface area contributed by atoms with E-state index in [9.17, 15) is 24.6 Å². The van der Waals surface area contributed by atoms with E-state index >= 15 is 0 Å². The normalized spacial score (nSPS) is 17.2. The number of rotatable bonds is 16. The third kappa shape index (κ3) is 10.5. The minimum atomic E-state index is -1.02.